The molecule has 3 aromatic rings. The van der Waals surface area contributed by atoms with E-state index in [2.05, 4.69) is 59.3 Å². The number of likely N-dealkylation sites (tertiary alicyclic amines) is 1. The number of H-pyrrole nitrogens is 1. The predicted molar refractivity (Wildman–Crippen MR) is 132 cm³/mol. The molecule has 2 aromatic carbocycles. The minimum atomic E-state index is 0.0906. The van der Waals surface area contributed by atoms with Crippen LogP contribution in [0.25, 0.3) is 11.0 Å². The van der Waals surface area contributed by atoms with E-state index in [1.165, 1.54) is 42.5 Å². The van der Waals surface area contributed by atoms with Crippen molar-refractivity contribution in [1.82, 2.24) is 14.9 Å². The summed E-state index contributed by atoms with van der Waals surface area (Å²) >= 11 is 0. The van der Waals surface area contributed by atoms with Crippen molar-refractivity contribution in [2.45, 2.75) is 76.3 Å². The van der Waals surface area contributed by atoms with Crippen molar-refractivity contribution < 1.29 is 4.79 Å². The number of amides is 1. The highest BCUT2D eigenvalue weighted by molar-refractivity contribution is 5.78. The zero-order valence-electron chi connectivity index (χ0n) is 19.6. The number of rotatable bonds is 6. The molecule has 6 rings (SSSR count). The average Bonchev–Trinajstić information content (AvgIpc) is 3.23. The van der Waals surface area contributed by atoms with Crippen LogP contribution in [0.2, 0.25) is 0 Å². The smallest absolute Gasteiger partial charge is 0.223 e. The highest BCUT2D eigenvalue weighted by Gasteiger charge is 2.32. The normalized spacial score (nSPS) is 23.1. The van der Waals surface area contributed by atoms with Crippen LogP contribution in [-0.2, 0) is 4.79 Å². The van der Waals surface area contributed by atoms with Crippen molar-refractivity contribution in [2.24, 2.45) is 0 Å². The maximum Gasteiger partial charge on any atom is 0.223 e. The molecular weight excluding hydrogens is 408 g/mol. The van der Waals surface area contributed by atoms with Crippen LogP contribution in [0.3, 0.4) is 0 Å². The molecule has 5 heteroatoms. The van der Waals surface area contributed by atoms with Gasteiger partial charge in [-0.25, -0.2) is 4.98 Å². The Hall–Kier alpha value is -2.82. The van der Waals surface area contributed by atoms with Crippen molar-refractivity contribution in [2.75, 3.05) is 18.0 Å². The number of nitrogens with zero attached hydrogens (tertiary/aromatic N) is 3. The summed E-state index contributed by atoms with van der Waals surface area (Å²) in [6.45, 7) is 4.02. The molecule has 0 radical (unpaired) electrons. The van der Waals surface area contributed by atoms with Crippen LogP contribution < -0.4 is 4.90 Å². The molecular formula is C28H34N4O. The Balaban J connectivity index is 1.25. The van der Waals surface area contributed by atoms with Gasteiger partial charge in [-0.2, -0.15) is 0 Å². The van der Waals surface area contributed by atoms with Gasteiger partial charge in [0.15, 0.2) is 0 Å². The SMILES string of the molecule is CCCC(=O)N1CCC[C@H]1c1nc2cc([C@@H]3CCCN3c3ccc(C4CC4)cc3)ccc2[nH]1. The molecule has 0 unspecified atom stereocenters. The maximum absolute atomic E-state index is 12.6. The van der Waals surface area contributed by atoms with Crippen molar-refractivity contribution in [3.8, 4) is 0 Å². The number of nitrogens with one attached hydrogen (secondary N) is 1. The fourth-order valence-corrected chi connectivity index (χ4v) is 5.89. The standard InChI is InChI=1S/C28H34N4O/c1-2-5-27(33)32-17-4-7-26(32)28-29-23-15-12-21(18-24(23)30-28)25-6-3-16-31(25)22-13-10-20(11-14-22)19-8-9-19/h10-15,18-19,25-26H,2-9,16-17H2,1H3,(H,29,30)/t25-,26-/m0/s1. The van der Waals surface area contributed by atoms with E-state index in [-0.39, 0.29) is 11.9 Å². The van der Waals surface area contributed by atoms with E-state index in [4.69, 9.17) is 4.98 Å². The van der Waals surface area contributed by atoms with Crippen LogP contribution in [0, 0.1) is 0 Å². The number of carbonyl (C=O) groups excluding carboxylic acids is 1. The van der Waals surface area contributed by atoms with E-state index >= 15 is 0 Å². The zero-order chi connectivity index (χ0) is 22.4. The lowest BCUT2D eigenvalue weighted by molar-refractivity contribution is -0.132. The van der Waals surface area contributed by atoms with E-state index in [9.17, 15) is 4.79 Å². The van der Waals surface area contributed by atoms with Crippen LogP contribution >= 0.6 is 0 Å². The van der Waals surface area contributed by atoms with Crippen molar-refractivity contribution in [1.29, 1.82) is 0 Å². The quantitative estimate of drug-likeness (QED) is 0.491. The third-order valence-corrected chi connectivity index (χ3v) is 7.79. The second-order valence-electron chi connectivity index (χ2n) is 10.1. The molecule has 5 nitrogen and oxygen atoms in total. The summed E-state index contributed by atoms with van der Waals surface area (Å²) in [5.74, 6) is 2.01. The number of hydrogen-bond donors (Lipinski definition) is 1. The Morgan fingerprint density at radius 1 is 0.970 bits per heavy atom. The van der Waals surface area contributed by atoms with Gasteiger partial charge in [0.05, 0.1) is 23.1 Å². The van der Waals surface area contributed by atoms with Gasteiger partial charge in [0, 0.05) is 25.2 Å². The summed E-state index contributed by atoms with van der Waals surface area (Å²) in [4.78, 5) is 25.7. The van der Waals surface area contributed by atoms with Gasteiger partial charge in [-0.3, -0.25) is 4.79 Å². The summed E-state index contributed by atoms with van der Waals surface area (Å²) in [6.07, 6.45) is 8.66. The topological polar surface area (TPSA) is 52.2 Å². The lowest BCUT2D eigenvalue weighted by Crippen LogP contribution is -2.30. The minimum absolute atomic E-state index is 0.0906. The molecule has 1 saturated carbocycles. The zero-order valence-corrected chi connectivity index (χ0v) is 19.6. The first-order valence-corrected chi connectivity index (χ1v) is 12.9. The van der Waals surface area contributed by atoms with Crippen LogP contribution in [0.5, 0.6) is 0 Å². The molecule has 2 atom stereocenters. The molecule has 172 valence electrons. The molecule has 3 aliphatic rings. The van der Waals surface area contributed by atoms with Gasteiger partial charge < -0.3 is 14.8 Å². The Morgan fingerprint density at radius 2 is 1.73 bits per heavy atom. The maximum atomic E-state index is 12.6. The first-order valence-electron chi connectivity index (χ1n) is 12.9. The highest BCUT2D eigenvalue weighted by atomic mass is 16.2. The van der Waals surface area contributed by atoms with Crippen LogP contribution in [0.4, 0.5) is 5.69 Å². The molecule has 0 bridgehead atoms. The lowest BCUT2D eigenvalue weighted by atomic mass is 10.0. The van der Waals surface area contributed by atoms with E-state index in [1.54, 1.807) is 0 Å². The second kappa shape index (κ2) is 8.51. The monoisotopic (exact) mass is 442 g/mol. The van der Waals surface area contributed by atoms with Crippen LogP contribution in [0.1, 0.15) is 93.2 Å². The van der Waals surface area contributed by atoms with Gasteiger partial charge in [-0.15, -0.1) is 0 Å². The predicted octanol–water partition coefficient (Wildman–Crippen LogP) is 6.25. The first-order chi connectivity index (χ1) is 16.2. The summed E-state index contributed by atoms with van der Waals surface area (Å²) < 4.78 is 0. The molecule has 1 aliphatic carbocycles. The largest absolute Gasteiger partial charge is 0.364 e. The number of aromatic nitrogens is 2. The number of fused-ring (bicyclic) bond motifs is 1. The fourth-order valence-electron chi connectivity index (χ4n) is 5.89. The molecule has 1 aromatic heterocycles. The first kappa shape index (κ1) is 20.8. The Bertz CT molecular complexity index is 1150. The van der Waals surface area contributed by atoms with Crippen molar-refractivity contribution in [3.05, 3.63) is 59.4 Å². The van der Waals surface area contributed by atoms with Crippen molar-refractivity contribution >= 4 is 22.6 Å². The molecule has 0 spiro atoms. The fraction of sp³-hybridized carbons (Fsp3) is 0.500. The number of imidazole rings is 1. The van der Waals surface area contributed by atoms with Crippen LogP contribution in [0.15, 0.2) is 42.5 Å². The number of anilines is 1. The highest BCUT2D eigenvalue weighted by Crippen LogP contribution is 2.42. The van der Waals surface area contributed by atoms with Crippen molar-refractivity contribution in [3.63, 3.8) is 0 Å². The summed E-state index contributed by atoms with van der Waals surface area (Å²) in [7, 11) is 0. The second-order valence-corrected chi connectivity index (χ2v) is 10.1. The third-order valence-electron chi connectivity index (χ3n) is 7.79. The summed E-state index contributed by atoms with van der Waals surface area (Å²) in [5, 5.41) is 0. The number of benzene rings is 2. The molecule has 3 fully saturated rings. The number of aromatic amines is 1. The van der Waals surface area contributed by atoms with Gasteiger partial charge in [0.25, 0.3) is 0 Å². The van der Waals surface area contributed by atoms with E-state index < -0.39 is 0 Å². The average molecular weight is 443 g/mol. The van der Waals surface area contributed by atoms with E-state index in [0.29, 0.717) is 12.5 Å². The van der Waals surface area contributed by atoms with E-state index in [1.807, 2.05) is 4.90 Å². The lowest BCUT2D eigenvalue weighted by Gasteiger charge is -2.27. The summed E-state index contributed by atoms with van der Waals surface area (Å²) in [6, 6.07) is 16.5. The minimum Gasteiger partial charge on any atom is -0.364 e. The van der Waals surface area contributed by atoms with Gasteiger partial charge >= 0.3 is 0 Å². The Morgan fingerprint density at radius 3 is 2.52 bits per heavy atom. The summed E-state index contributed by atoms with van der Waals surface area (Å²) in [5.41, 5.74) is 6.27. The molecule has 1 N–H and O–H groups in total. The Kier molecular flexibility index (Phi) is 5.35. The molecule has 33 heavy (non-hydrogen) atoms. The van der Waals surface area contributed by atoms with Gasteiger partial charge in [0.1, 0.15) is 5.82 Å². The van der Waals surface area contributed by atoms with Gasteiger partial charge in [-0.05, 0) is 86.3 Å². The van der Waals surface area contributed by atoms with Gasteiger partial charge in [-0.1, -0.05) is 25.1 Å². The third kappa shape index (κ3) is 3.92. The molecule has 2 aliphatic heterocycles. The number of hydrogen-bond acceptors (Lipinski definition) is 3. The van der Waals surface area contributed by atoms with Crippen LogP contribution in [-0.4, -0.2) is 33.9 Å². The molecule has 1 amide bonds. The molecule has 3 heterocycles. The number of carbonyl (C=O) groups is 1. The van der Waals surface area contributed by atoms with Gasteiger partial charge in [0.2, 0.25) is 5.91 Å². The van der Waals surface area contributed by atoms with E-state index in [0.717, 1.165) is 55.1 Å². The Labute approximate surface area is 196 Å². The molecule has 2 saturated heterocycles.